The lowest BCUT2D eigenvalue weighted by Gasteiger charge is -2.02. The number of carbonyl (C=O) groups excluding carboxylic acids is 1. The smallest absolute Gasteiger partial charge is 0.339 e. The predicted molar refractivity (Wildman–Crippen MR) is 61.7 cm³/mol. The van der Waals surface area contributed by atoms with E-state index in [9.17, 15) is 9.59 Å². The lowest BCUT2D eigenvalue weighted by Crippen LogP contribution is -2.23. The number of hydrogen-bond donors (Lipinski definition) is 2. The van der Waals surface area contributed by atoms with Gasteiger partial charge in [-0.25, -0.2) is 4.79 Å². The van der Waals surface area contributed by atoms with Crippen molar-refractivity contribution in [3.8, 4) is 0 Å². The number of hydrogen-bond acceptors (Lipinski definition) is 3. The molecular formula is C12H15NO4. The summed E-state index contributed by atoms with van der Waals surface area (Å²) in [6.45, 7) is 5.23. The van der Waals surface area contributed by atoms with Gasteiger partial charge in [0.05, 0.1) is 6.54 Å². The summed E-state index contributed by atoms with van der Waals surface area (Å²) in [7, 11) is 0. The molecule has 0 aromatic carbocycles. The first kappa shape index (κ1) is 13.0. The Morgan fingerprint density at radius 3 is 2.65 bits per heavy atom. The predicted octanol–water partition coefficient (Wildman–Crippen LogP) is 1.87. The van der Waals surface area contributed by atoms with Gasteiger partial charge in [-0.15, -0.1) is 0 Å². The number of furan rings is 1. The van der Waals surface area contributed by atoms with E-state index in [1.54, 1.807) is 26.8 Å². The molecule has 1 heterocycles. The third-order valence-corrected chi connectivity index (χ3v) is 2.41. The van der Waals surface area contributed by atoms with Gasteiger partial charge >= 0.3 is 5.97 Å². The Morgan fingerprint density at radius 2 is 2.18 bits per heavy atom. The van der Waals surface area contributed by atoms with Crippen LogP contribution in [0.2, 0.25) is 0 Å². The van der Waals surface area contributed by atoms with E-state index >= 15 is 0 Å². The Bertz CT molecular complexity index is 471. The second-order valence-corrected chi connectivity index (χ2v) is 3.64. The first-order chi connectivity index (χ1) is 7.95. The summed E-state index contributed by atoms with van der Waals surface area (Å²) in [5, 5.41) is 11.5. The van der Waals surface area contributed by atoms with Crippen molar-refractivity contribution in [2.45, 2.75) is 27.3 Å². The average molecular weight is 237 g/mol. The van der Waals surface area contributed by atoms with Gasteiger partial charge < -0.3 is 14.8 Å². The number of nitrogens with one attached hydrogen (secondary N) is 1. The van der Waals surface area contributed by atoms with Gasteiger partial charge in [0, 0.05) is 5.57 Å². The van der Waals surface area contributed by atoms with Crippen LogP contribution >= 0.6 is 0 Å². The molecule has 0 aliphatic heterocycles. The molecule has 0 fully saturated rings. The summed E-state index contributed by atoms with van der Waals surface area (Å²) < 4.78 is 5.22. The molecular weight excluding hydrogens is 222 g/mol. The van der Waals surface area contributed by atoms with Gasteiger partial charge in [-0.3, -0.25) is 4.79 Å². The third-order valence-electron chi connectivity index (χ3n) is 2.41. The minimum atomic E-state index is -1.03. The zero-order chi connectivity index (χ0) is 13.0. The van der Waals surface area contributed by atoms with Gasteiger partial charge in [0.1, 0.15) is 17.1 Å². The van der Waals surface area contributed by atoms with Gasteiger partial charge in [-0.05, 0) is 26.8 Å². The molecule has 92 valence electrons. The minimum Gasteiger partial charge on any atom is -0.478 e. The van der Waals surface area contributed by atoms with E-state index in [1.807, 2.05) is 0 Å². The normalized spacial score (nSPS) is 11.4. The number of aromatic carboxylic acids is 1. The maximum atomic E-state index is 11.4. The van der Waals surface area contributed by atoms with Crippen molar-refractivity contribution in [3.63, 3.8) is 0 Å². The maximum absolute atomic E-state index is 11.4. The molecule has 0 saturated carbocycles. The monoisotopic (exact) mass is 237 g/mol. The Morgan fingerprint density at radius 1 is 1.53 bits per heavy atom. The highest BCUT2D eigenvalue weighted by molar-refractivity contribution is 5.92. The highest BCUT2D eigenvalue weighted by Gasteiger charge is 2.14. The van der Waals surface area contributed by atoms with E-state index in [4.69, 9.17) is 9.52 Å². The number of aryl methyl sites for hydroxylation is 1. The Hall–Kier alpha value is -2.04. The molecule has 0 aliphatic rings. The van der Waals surface area contributed by atoms with E-state index in [2.05, 4.69) is 5.32 Å². The van der Waals surface area contributed by atoms with Crippen LogP contribution in [0.5, 0.6) is 0 Å². The van der Waals surface area contributed by atoms with Crippen molar-refractivity contribution < 1.29 is 19.1 Å². The number of allylic oxidation sites excluding steroid dienone is 1. The van der Waals surface area contributed by atoms with E-state index in [0.717, 1.165) is 0 Å². The molecule has 17 heavy (non-hydrogen) atoms. The molecule has 1 amide bonds. The van der Waals surface area contributed by atoms with Crippen LogP contribution in [0.1, 0.15) is 35.7 Å². The summed E-state index contributed by atoms with van der Waals surface area (Å²) >= 11 is 0. The van der Waals surface area contributed by atoms with Crippen LogP contribution in [0, 0.1) is 6.92 Å². The van der Waals surface area contributed by atoms with Crippen molar-refractivity contribution in [2.24, 2.45) is 0 Å². The largest absolute Gasteiger partial charge is 0.478 e. The van der Waals surface area contributed by atoms with Crippen molar-refractivity contribution in [2.75, 3.05) is 0 Å². The first-order valence-electron chi connectivity index (χ1n) is 5.19. The summed E-state index contributed by atoms with van der Waals surface area (Å²) in [6, 6.07) is 1.42. The molecule has 0 saturated heterocycles. The summed E-state index contributed by atoms with van der Waals surface area (Å²) in [4.78, 5) is 22.2. The second kappa shape index (κ2) is 5.34. The van der Waals surface area contributed by atoms with E-state index < -0.39 is 5.97 Å². The molecule has 0 unspecified atom stereocenters. The number of carboxylic acids is 1. The van der Waals surface area contributed by atoms with E-state index in [1.165, 1.54) is 6.07 Å². The molecule has 1 aromatic rings. The Balaban J connectivity index is 2.68. The highest BCUT2D eigenvalue weighted by Crippen LogP contribution is 2.14. The molecule has 0 spiro atoms. The fourth-order valence-electron chi connectivity index (χ4n) is 1.28. The highest BCUT2D eigenvalue weighted by atomic mass is 16.4. The van der Waals surface area contributed by atoms with Gasteiger partial charge in [0.25, 0.3) is 0 Å². The second-order valence-electron chi connectivity index (χ2n) is 3.64. The molecule has 1 rings (SSSR count). The quantitative estimate of drug-likeness (QED) is 0.783. The van der Waals surface area contributed by atoms with Gasteiger partial charge in [0.15, 0.2) is 0 Å². The minimum absolute atomic E-state index is 0.122. The zero-order valence-electron chi connectivity index (χ0n) is 10.0. The summed E-state index contributed by atoms with van der Waals surface area (Å²) in [5.74, 6) is -0.464. The molecule has 5 nitrogen and oxygen atoms in total. The topological polar surface area (TPSA) is 79.5 Å². The van der Waals surface area contributed by atoms with Crippen LogP contribution in [-0.4, -0.2) is 17.0 Å². The SMILES string of the molecule is C/C=C(\C)C(=O)NCc1cc(C(=O)O)c(C)o1. The number of carbonyl (C=O) groups is 2. The van der Waals surface area contributed by atoms with Crippen LogP contribution in [0.15, 0.2) is 22.1 Å². The van der Waals surface area contributed by atoms with Crippen molar-refractivity contribution in [1.82, 2.24) is 5.32 Å². The standard InChI is InChI=1S/C12H15NO4/c1-4-7(2)11(14)13-6-9-5-10(12(15)16)8(3)17-9/h4-5H,6H2,1-3H3,(H,13,14)(H,15,16)/b7-4+. The molecule has 0 bridgehead atoms. The van der Waals surface area contributed by atoms with Crippen LogP contribution in [0.4, 0.5) is 0 Å². The number of rotatable bonds is 4. The van der Waals surface area contributed by atoms with Gasteiger partial charge in [-0.2, -0.15) is 0 Å². The Kier molecular flexibility index (Phi) is 4.09. The zero-order valence-corrected chi connectivity index (χ0v) is 10.0. The van der Waals surface area contributed by atoms with E-state index in [-0.39, 0.29) is 18.0 Å². The molecule has 2 N–H and O–H groups in total. The third kappa shape index (κ3) is 3.21. The van der Waals surface area contributed by atoms with Crippen LogP contribution in [0.25, 0.3) is 0 Å². The number of carboxylic acid groups (broad SMARTS) is 1. The van der Waals surface area contributed by atoms with Crippen LogP contribution in [-0.2, 0) is 11.3 Å². The van der Waals surface area contributed by atoms with Crippen molar-refractivity contribution in [1.29, 1.82) is 0 Å². The Labute approximate surface area is 99.1 Å². The van der Waals surface area contributed by atoms with Crippen LogP contribution in [0.3, 0.4) is 0 Å². The molecule has 1 aromatic heterocycles. The van der Waals surface area contributed by atoms with Crippen LogP contribution < -0.4 is 5.32 Å². The summed E-state index contributed by atoms with van der Waals surface area (Å²) in [6.07, 6.45) is 1.70. The fourth-order valence-corrected chi connectivity index (χ4v) is 1.28. The summed E-state index contributed by atoms with van der Waals surface area (Å²) in [5.41, 5.74) is 0.726. The lowest BCUT2D eigenvalue weighted by molar-refractivity contribution is -0.117. The maximum Gasteiger partial charge on any atom is 0.339 e. The average Bonchev–Trinajstić information content (AvgIpc) is 2.66. The lowest BCUT2D eigenvalue weighted by atomic mass is 10.2. The number of amides is 1. The van der Waals surface area contributed by atoms with Crippen molar-refractivity contribution >= 4 is 11.9 Å². The van der Waals surface area contributed by atoms with Gasteiger partial charge in [-0.1, -0.05) is 6.08 Å². The molecule has 0 atom stereocenters. The fraction of sp³-hybridized carbons (Fsp3) is 0.333. The first-order valence-corrected chi connectivity index (χ1v) is 5.19. The van der Waals surface area contributed by atoms with E-state index in [0.29, 0.717) is 17.1 Å². The van der Waals surface area contributed by atoms with Crippen molar-refractivity contribution in [3.05, 3.63) is 34.8 Å². The molecule has 5 heteroatoms. The molecule has 0 radical (unpaired) electrons. The molecule has 0 aliphatic carbocycles. The van der Waals surface area contributed by atoms with Gasteiger partial charge in [0.2, 0.25) is 5.91 Å².